The third-order valence-electron chi connectivity index (χ3n) is 2.19. The molecule has 0 amide bonds. The molecular weight excluding hydrogens is 134 g/mol. The third kappa shape index (κ3) is 2.87. The van der Waals surface area contributed by atoms with Gasteiger partial charge in [-0.3, -0.25) is 0 Å². The van der Waals surface area contributed by atoms with E-state index in [0.717, 1.165) is 0 Å². The summed E-state index contributed by atoms with van der Waals surface area (Å²) in [5.41, 5.74) is 2.68. The minimum atomic E-state index is 0.333. The van der Waals surface area contributed by atoms with E-state index in [2.05, 4.69) is 34.6 Å². The first-order valence-corrected chi connectivity index (χ1v) is 4.15. The predicted molar refractivity (Wildman–Crippen MR) is 51.2 cm³/mol. The summed E-state index contributed by atoms with van der Waals surface area (Å²) in [5, 5.41) is 7.25. The quantitative estimate of drug-likeness (QED) is 0.475. The normalized spacial score (nSPS) is 12.9. The molecule has 0 aromatic carbocycles. The predicted octanol–water partition coefficient (Wildman–Crippen LogP) is 3.26. The lowest BCUT2D eigenvalue weighted by Gasteiger charge is -2.17. The van der Waals surface area contributed by atoms with E-state index in [0.29, 0.717) is 11.8 Å². The zero-order chi connectivity index (χ0) is 9.02. The lowest BCUT2D eigenvalue weighted by atomic mass is 9.88. The highest BCUT2D eigenvalue weighted by Crippen LogP contribution is 2.20. The van der Waals surface area contributed by atoms with E-state index in [1.165, 1.54) is 11.1 Å². The molecule has 0 aliphatic carbocycles. The minimum Gasteiger partial charge on any atom is -0.312 e. The van der Waals surface area contributed by atoms with Gasteiger partial charge in [0.1, 0.15) is 0 Å². The van der Waals surface area contributed by atoms with Crippen molar-refractivity contribution in [1.82, 2.24) is 0 Å². The summed E-state index contributed by atoms with van der Waals surface area (Å²) in [7, 11) is 0. The molecule has 64 valence electrons. The Labute approximate surface area is 70.0 Å². The Kier molecular flexibility index (Phi) is 4.09. The molecule has 1 atom stereocenters. The number of hydrogen-bond donors (Lipinski definition) is 1. The van der Waals surface area contributed by atoms with E-state index in [9.17, 15) is 0 Å². The first kappa shape index (κ1) is 10.4. The van der Waals surface area contributed by atoms with Crippen molar-refractivity contribution in [2.45, 2.75) is 34.6 Å². The molecule has 0 radical (unpaired) electrons. The summed E-state index contributed by atoms with van der Waals surface area (Å²) in [6.07, 6.45) is 1.55. The van der Waals surface area contributed by atoms with Crippen LogP contribution in [-0.2, 0) is 0 Å². The maximum absolute atomic E-state index is 7.25. The van der Waals surface area contributed by atoms with E-state index in [1.54, 1.807) is 6.21 Å². The van der Waals surface area contributed by atoms with Gasteiger partial charge in [-0.25, -0.2) is 0 Å². The van der Waals surface area contributed by atoms with Gasteiger partial charge < -0.3 is 5.41 Å². The van der Waals surface area contributed by atoms with Gasteiger partial charge in [0, 0.05) is 12.1 Å². The van der Waals surface area contributed by atoms with Crippen molar-refractivity contribution in [3.8, 4) is 0 Å². The van der Waals surface area contributed by atoms with Crippen molar-refractivity contribution < 1.29 is 0 Å². The molecule has 0 aromatic rings. The Bertz CT molecular complexity index is 162. The van der Waals surface area contributed by atoms with E-state index in [4.69, 9.17) is 5.41 Å². The van der Waals surface area contributed by atoms with Crippen LogP contribution in [0.4, 0.5) is 0 Å². The van der Waals surface area contributed by atoms with Gasteiger partial charge >= 0.3 is 0 Å². The molecule has 0 aliphatic heterocycles. The molecule has 0 fully saturated rings. The topological polar surface area (TPSA) is 23.9 Å². The molecule has 1 nitrogen and oxygen atoms in total. The summed E-state index contributed by atoms with van der Waals surface area (Å²) in [5.74, 6) is 0.877. The first-order valence-electron chi connectivity index (χ1n) is 4.15. The van der Waals surface area contributed by atoms with Crippen LogP contribution in [0, 0.1) is 17.2 Å². The number of allylic oxidation sites excluding steroid dienone is 2. The molecule has 11 heavy (non-hydrogen) atoms. The van der Waals surface area contributed by atoms with Gasteiger partial charge in [-0.15, -0.1) is 0 Å². The van der Waals surface area contributed by atoms with E-state index in [1.807, 2.05) is 0 Å². The van der Waals surface area contributed by atoms with Crippen molar-refractivity contribution in [2.75, 3.05) is 0 Å². The van der Waals surface area contributed by atoms with Crippen LogP contribution >= 0.6 is 0 Å². The number of hydrogen-bond acceptors (Lipinski definition) is 1. The number of rotatable bonds is 3. The second kappa shape index (κ2) is 4.32. The van der Waals surface area contributed by atoms with E-state index in [-0.39, 0.29) is 0 Å². The SMILES string of the molecule is CC(C)=C(C)C(C=N)C(C)C. The fourth-order valence-corrected chi connectivity index (χ4v) is 1.15. The smallest absolute Gasteiger partial charge is 0.0168 e. The summed E-state index contributed by atoms with van der Waals surface area (Å²) >= 11 is 0. The Hall–Kier alpha value is -0.590. The first-order chi connectivity index (χ1) is 5.00. The summed E-state index contributed by atoms with van der Waals surface area (Å²) in [4.78, 5) is 0. The highest BCUT2D eigenvalue weighted by atomic mass is 14.4. The van der Waals surface area contributed by atoms with Gasteiger partial charge in [-0.2, -0.15) is 0 Å². The summed E-state index contributed by atoms with van der Waals surface area (Å²) < 4.78 is 0. The molecule has 0 saturated carbocycles. The van der Waals surface area contributed by atoms with Crippen molar-refractivity contribution in [1.29, 1.82) is 5.41 Å². The molecule has 1 unspecified atom stereocenters. The fourth-order valence-electron chi connectivity index (χ4n) is 1.15. The second-order valence-corrected chi connectivity index (χ2v) is 3.62. The van der Waals surface area contributed by atoms with Crippen LogP contribution in [0.2, 0.25) is 0 Å². The Morgan fingerprint density at radius 2 is 1.64 bits per heavy atom. The van der Waals surface area contributed by atoms with Crippen LogP contribution in [0.15, 0.2) is 11.1 Å². The van der Waals surface area contributed by atoms with Gasteiger partial charge in [-0.1, -0.05) is 25.0 Å². The number of nitrogens with one attached hydrogen (secondary N) is 1. The molecule has 0 rings (SSSR count). The Morgan fingerprint density at radius 1 is 1.18 bits per heavy atom. The lowest BCUT2D eigenvalue weighted by molar-refractivity contribution is 0.556. The van der Waals surface area contributed by atoms with Crippen molar-refractivity contribution in [3.05, 3.63) is 11.1 Å². The van der Waals surface area contributed by atoms with Crippen LogP contribution in [0.1, 0.15) is 34.6 Å². The lowest BCUT2D eigenvalue weighted by Crippen LogP contribution is -2.11. The minimum absolute atomic E-state index is 0.333. The van der Waals surface area contributed by atoms with Gasteiger partial charge in [0.15, 0.2) is 0 Å². The van der Waals surface area contributed by atoms with Crippen molar-refractivity contribution in [3.63, 3.8) is 0 Å². The molecule has 0 aliphatic rings. The standard InChI is InChI=1S/C10H19N/c1-7(2)9(5)10(6-11)8(3)4/h6,8,10-11H,1-5H3. The molecule has 0 aromatic heterocycles. The van der Waals surface area contributed by atoms with Crippen molar-refractivity contribution >= 4 is 6.21 Å². The van der Waals surface area contributed by atoms with E-state index < -0.39 is 0 Å². The zero-order valence-electron chi connectivity index (χ0n) is 8.23. The van der Waals surface area contributed by atoms with Gasteiger partial charge in [0.05, 0.1) is 0 Å². The maximum Gasteiger partial charge on any atom is 0.0168 e. The highest BCUT2D eigenvalue weighted by Gasteiger charge is 2.12. The van der Waals surface area contributed by atoms with Crippen LogP contribution in [-0.4, -0.2) is 6.21 Å². The summed E-state index contributed by atoms with van der Waals surface area (Å²) in [6, 6.07) is 0. The summed E-state index contributed by atoms with van der Waals surface area (Å²) in [6.45, 7) is 10.6. The molecule has 0 bridgehead atoms. The average molecular weight is 153 g/mol. The molecule has 0 saturated heterocycles. The van der Waals surface area contributed by atoms with Gasteiger partial charge in [0.25, 0.3) is 0 Å². The molecule has 0 heterocycles. The third-order valence-corrected chi connectivity index (χ3v) is 2.19. The Balaban J connectivity index is 4.52. The zero-order valence-corrected chi connectivity index (χ0v) is 8.23. The van der Waals surface area contributed by atoms with Crippen LogP contribution < -0.4 is 0 Å². The largest absolute Gasteiger partial charge is 0.312 e. The van der Waals surface area contributed by atoms with Crippen LogP contribution in [0.3, 0.4) is 0 Å². The molecule has 1 N–H and O–H groups in total. The van der Waals surface area contributed by atoms with Crippen molar-refractivity contribution in [2.24, 2.45) is 11.8 Å². The van der Waals surface area contributed by atoms with E-state index >= 15 is 0 Å². The second-order valence-electron chi connectivity index (χ2n) is 3.62. The van der Waals surface area contributed by atoms with Crippen LogP contribution in [0.5, 0.6) is 0 Å². The molecular formula is C10H19N. The monoisotopic (exact) mass is 153 g/mol. The average Bonchev–Trinajstić information content (AvgIpc) is 1.88. The van der Waals surface area contributed by atoms with Crippen LogP contribution in [0.25, 0.3) is 0 Å². The van der Waals surface area contributed by atoms with Gasteiger partial charge in [0.2, 0.25) is 0 Å². The molecule has 0 spiro atoms. The van der Waals surface area contributed by atoms with Gasteiger partial charge in [-0.05, 0) is 26.7 Å². The molecule has 1 heteroatoms. The maximum atomic E-state index is 7.25. The highest BCUT2D eigenvalue weighted by molar-refractivity contribution is 5.62. The fraction of sp³-hybridized carbons (Fsp3) is 0.700. The Morgan fingerprint density at radius 3 is 1.73 bits per heavy atom.